The molecule has 0 spiro atoms. The zero-order valence-electron chi connectivity index (χ0n) is 9.09. The fourth-order valence-electron chi connectivity index (χ4n) is 1.38. The molecule has 0 aromatic heterocycles. The van der Waals surface area contributed by atoms with E-state index in [0.717, 1.165) is 7.11 Å². The molecule has 0 unspecified atom stereocenters. The Morgan fingerprint density at radius 3 is 1.95 bits per heavy atom. The smallest absolute Gasteiger partial charge is 0.423 e. The third kappa shape index (κ3) is 3.06. The van der Waals surface area contributed by atoms with Crippen LogP contribution in [0.4, 0.5) is 32.0 Å². The van der Waals surface area contributed by atoms with Gasteiger partial charge in [0.1, 0.15) is 11.3 Å². The normalized spacial score (nSPS) is 12.4. The monoisotopic (exact) mass is 289 g/mol. The number of nitro benzene ring substituents is 1. The summed E-state index contributed by atoms with van der Waals surface area (Å²) in [7, 11) is 0.881. The van der Waals surface area contributed by atoms with Crippen LogP contribution in [0, 0.1) is 10.1 Å². The summed E-state index contributed by atoms with van der Waals surface area (Å²) in [4.78, 5) is 8.96. The molecule has 0 radical (unpaired) electrons. The number of halogens is 6. The highest BCUT2D eigenvalue weighted by Crippen LogP contribution is 2.46. The first-order valence-electron chi connectivity index (χ1n) is 4.49. The van der Waals surface area contributed by atoms with E-state index in [1.807, 2.05) is 0 Å². The van der Waals surface area contributed by atoms with Gasteiger partial charge in [-0.05, 0) is 6.07 Å². The van der Waals surface area contributed by atoms with Crippen LogP contribution in [0.15, 0.2) is 12.1 Å². The average molecular weight is 289 g/mol. The number of alkyl halides is 6. The van der Waals surface area contributed by atoms with Crippen LogP contribution >= 0.6 is 0 Å². The summed E-state index contributed by atoms with van der Waals surface area (Å²) in [6, 6.07) is 0.355. The van der Waals surface area contributed by atoms with Crippen LogP contribution in [0.5, 0.6) is 5.75 Å². The van der Waals surface area contributed by atoms with E-state index in [0.29, 0.717) is 0 Å². The second kappa shape index (κ2) is 4.59. The van der Waals surface area contributed by atoms with Crippen LogP contribution in [0.25, 0.3) is 0 Å². The van der Waals surface area contributed by atoms with E-state index in [2.05, 4.69) is 4.74 Å². The fraction of sp³-hybridized carbons (Fsp3) is 0.333. The van der Waals surface area contributed by atoms with Gasteiger partial charge in [-0.25, -0.2) is 0 Å². The number of methoxy groups -OCH3 is 1. The molecule has 4 nitrogen and oxygen atoms in total. The summed E-state index contributed by atoms with van der Waals surface area (Å²) < 4.78 is 79.8. The third-order valence-corrected chi connectivity index (χ3v) is 2.11. The van der Waals surface area contributed by atoms with Gasteiger partial charge in [0.2, 0.25) is 0 Å². The van der Waals surface area contributed by atoms with Crippen molar-refractivity contribution in [3.8, 4) is 5.75 Å². The topological polar surface area (TPSA) is 52.4 Å². The molecular weight excluding hydrogens is 284 g/mol. The maximum absolute atomic E-state index is 12.6. The zero-order chi connectivity index (χ0) is 15.0. The van der Waals surface area contributed by atoms with Crippen LogP contribution in [0.2, 0.25) is 0 Å². The lowest BCUT2D eigenvalue weighted by Crippen LogP contribution is -2.18. The number of nitrogens with zero attached hydrogens (tertiary/aromatic N) is 1. The Morgan fingerprint density at radius 1 is 1.11 bits per heavy atom. The number of hydrogen-bond acceptors (Lipinski definition) is 3. The van der Waals surface area contributed by atoms with E-state index in [4.69, 9.17) is 0 Å². The zero-order valence-corrected chi connectivity index (χ0v) is 9.09. The number of hydrogen-bond donors (Lipinski definition) is 0. The van der Waals surface area contributed by atoms with Gasteiger partial charge in [0.25, 0.3) is 5.69 Å². The molecule has 0 amide bonds. The van der Waals surface area contributed by atoms with Gasteiger partial charge in [-0.1, -0.05) is 0 Å². The Labute approximate surface area is 101 Å². The molecule has 1 aromatic rings. The van der Waals surface area contributed by atoms with Crippen LogP contribution in [0.1, 0.15) is 11.1 Å². The third-order valence-electron chi connectivity index (χ3n) is 2.11. The second-order valence-corrected chi connectivity index (χ2v) is 3.32. The fourth-order valence-corrected chi connectivity index (χ4v) is 1.38. The van der Waals surface area contributed by atoms with Crippen LogP contribution in [-0.4, -0.2) is 12.0 Å². The van der Waals surface area contributed by atoms with Gasteiger partial charge in [0, 0.05) is 0 Å². The Morgan fingerprint density at radius 2 is 1.63 bits per heavy atom. The molecule has 10 heteroatoms. The van der Waals surface area contributed by atoms with Gasteiger partial charge in [0.15, 0.2) is 0 Å². The van der Waals surface area contributed by atoms with Gasteiger partial charge >= 0.3 is 12.4 Å². The number of benzene rings is 1. The molecule has 0 fully saturated rings. The van der Waals surface area contributed by atoms with Gasteiger partial charge in [0.05, 0.1) is 23.7 Å². The molecular formula is C9H5F6NO3. The Balaban J connectivity index is 3.77. The van der Waals surface area contributed by atoms with Crippen molar-refractivity contribution in [1.29, 1.82) is 0 Å². The highest BCUT2D eigenvalue weighted by molar-refractivity contribution is 5.53. The molecule has 0 saturated carbocycles. The van der Waals surface area contributed by atoms with E-state index in [1.54, 1.807) is 0 Å². The summed E-state index contributed by atoms with van der Waals surface area (Å²) in [6.07, 6.45) is -10.9. The summed E-state index contributed by atoms with van der Waals surface area (Å²) >= 11 is 0. The van der Waals surface area contributed by atoms with Crippen molar-refractivity contribution < 1.29 is 36.0 Å². The minimum Gasteiger partial charge on any atom is -0.496 e. The number of ether oxygens (including phenoxy) is 1. The van der Waals surface area contributed by atoms with Gasteiger partial charge in [-0.2, -0.15) is 26.3 Å². The lowest BCUT2D eigenvalue weighted by Gasteiger charge is -2.16. The summed E-state index contributed by atoms with van der Waals surface area (Å²) in [5, 5.41) is 10.5. The molecule has 0 aliphatic carbocycles. The highest BCUT2D eigenvalue weighted by Gasteiger charge is 2.48. The molecule has 0 atom stereocenters. The molecule has 1 rings (SSSR count). The van der Waals surface area contributed by atoms with E-state index in [-0.39, 0.29) is 12.1 Å². The van der Waals surface area contributed by atoms with Crippen LogP contribution in [0.3, 0.4) is 0 Å². The lowest BCUT2D eigenvalue weighted by molar-refractivity contribution is -0.388. The first-order valence-corrected chi connectivity index (χ1v) is 4.49. The lowest BCUT2D eigenvalue weighted by atomic mass is 10.0. The summed E-state index contributed by atoms with van der Waals surface area (Å²) in [5.41, 5.74) is -6.21. The van der Waals surface area contributed by atoms with Crippen molar-refractivity contribution in [2.24, 2.45) is 0 Å². The number of nitro groups is 1. The van der Waals surface area contributed by atoms with Crippen molar-refractivity contribution in [1.82, 2.24) is 0 Å². The van der Waals surface area contributed by atoms with Gasteiger partial charge in [-0.3, -0.25) is 10.1 Å². The largest absolute Gasteiger partial charge is 0.496 e. The standard InChI is InChI=1S/C9H5F6NO3/c1-19-4-2-5(8(10,11)12)7(9(13,14)15)6(3-4)16(17)18/h2-3H,1H3. The van der Waals surface area contributed by atoms with Crippen molar-refractivity contribution >= 4 is 5.69 Å². The van der Waals surface area contributed by atoms with Crippen molar-refractivity contribution in [3.63, 3.8) is 0 Å². The SMILES string of the molecule is COc1cc([N+](=O)[O-])c(C(F)(F)F)c(C(F)(F)F)c1. The second-order valence-electron chi connectivity index (χ2n) is 3.32. The Hall–Kier alpha value is -2.00. The van der Waals surface area contributed by atoms with Crippen molar-refractivity contribution in [2.75, 3.05) is 7.11 Å². The van der Waals surface area contributed by atoms with Gasteiger partial charge < -0.3 is 4.74 Å². The quantitative estimate of drug-likeness (QED) is 0.474. The predicted molar refractivity (Wildman–Crippen MR) is 49.7 cm³/mol. The van der Waals surface area contributed by atoms with Crippen LogP contribution < -0.4 is 4.74 Å². The molecule has 0 saturated heterocycles. The van der Waals surface area contributed by atoms with Crippen LogP contribution in [-0.2, 0) is 12.4 Å². The van der Waals surface area contributed by atoms with E-state index < -0.39 is 39.8 Å². The molecule has 0 aliphatic heterocycles. The Bertz CT molecular complexity index is 508. The Kier molecular flexibility index (Phi) is 3.64. The molecule has 0 aliphatic rings. The van der Waals surface area contributed by atoms with Crippen molar-refractivity contribution in [2.45, 2.75) is 12.4 Å². The molecule has 1 aromatic carbocycles. The van der Waals surface area contributed by atoms with Crippen molar-refractivity contribution in [3.05, 3.63) is 33.4 Å². The predicted octanol–water partition coefficient (Wildman–Crippen LogP) is 3.64. The van der Waals surface area contributed by atoms with E-state index >= 15 is 0 Å². The number of rotatable bonds is 2. The first kappa shape index (κ1) is 15.1. The molecule has 19 heavy (non-hydrogen) atoms. The summed E-state index contributed by atoms with van der Waals surface area (Å²) in [6.45, 7) is 0. The van der Waals surface area contributed by atoms with E-state index in [9.17, 15) is 36.5 Å². The first-order chi connectivity index (χ1) is 8.48. The molecule has 0 N–H and O–H groups in total. The maximum Gasteiger partial charge on any atom is 0.423 e. The van der Waals surface area contributed by atoms with Gasteiger partial charge in [-0.15, -0.1) is 0 Å². The minimum absolute atomic E-state index is 0.0653. The molecule has 106 valence electrons. The minimum atomic E-state index is -5.51. The molecule has 0 bridgehead atoms. The maximum atomic E-state index is 12.6. The molecule has 0 heterocycles. The summed E-state index contributed by atoms with van der Waals surface area (Å²) in [5.74, 6) is -0.688. The van der Waals surface area contributed by atoms with E-state index in [1.165, 1.54) is 0 Å². The average Bonchev–Trinajstić information content (AvgIpc) is 2.24. The highest BCUT2D eigenvalue weighted by atomic mass is 19.4.